The van der Waals surface area contributed by atoms with Crippen LogP contribution in [0.4, 0.5) is 0 Å². The van der Waals surface area contributed by atoms with E-state index in [1.165, 1.54) is 25.7 Å². The third kappa shape index (κ3) is 6.46. The quantitative estimate of drug-likeness (QED) is 0.569. The van der Waals surface area contributed by atoms with Crippen LogP contribution in [0.2, 0.25) is 11.1 Å². The molecule has 0 aliphatic heterocycles. The molecule has 3 heteroatoms. The zero-order valence-corrected chi connectivity index (χ0v) is 12.6. The minimum absolute atomic E-state index is 0.174. The summed E-state index contributed by atoms with van der Waals surface area (Å²) in [6.45, 7) is 9.18. The van der Waals surface area contributed by atoms with E-state index in [9.17, 15) is 0 Å². The maximum atomic E-state index is 6.00. The van der Waals surface area contributed by atoms with Gasteiger partial charge in [-0.2, -0.15) is 0 Å². The molecule has 0 saturated carbocycles. The minimum Gasteiger partial charge on any atom is -0.465 e. The van der Waals surface area contributed by atoms with E-state index in [1.807, 2.05) is 0 Å². The number of rotatable bonds is 8. The zero-order chi connectivity index (χ0) is 10.1. The van der Waals surface area contributed by atoms with Crippen LogP contribution in [-0.2, 0) is 4.12 Å². The molecule has 0 aromatic heterocycles. The first kappa shape index (κ1) is 13.4. The smallest absolute Gasteiger partial charge is 0.149 e. The van der Waals surface area contributed by atoms with Crippen LogP contribution in [0.5, 0.6) is 0 Å². The lowest BCUT2D eigenvalue weighted by Gasteiger charge is -2.15. The molecule has 0 aliphatic rings. The van der Waals surface area contributed by atoms with Gasteiger partial charge in [-0.25, -0.2) is 0 Å². The van der Waals surface area contributed by atoms with Crippen molar-refractivity contribution in [1.82, 2.24) is 0 Å². The van der Waals surface area contributed by atoms with Gasteiger partial charge < -0.3 is 4.12 Å². The molecule has 1 nitrogen and oxygen atoms in total. The highest BCUT2D eigenvalue weighted by Gasteiger charge is 2.08. The molecule has 0 rings (SSSR count). The Balaban J connectivity index is 3.41. The summed E-state index contributed by atoms with van der Waals surface area (Å²) in [6.07, 6.45) is 5.33. The summed E-state index contributed by atoms with van der Waals surface area (Å²) in [6, 6.07) is 0. The summed E-state index contributed by atoms with van der Waals surface area (Å²) in [5.74, 6) is 0. The second-order valence-corrected chi connectivity index (χ2v) is 8.51. The van der Waals surface area contributed by atoms with E-state index in [1.54, 1.807) is 0 Å². The van der Waals surface area contributed by atoms with Gasteiger partial charge in [0.2, 0.25) is 0 Å². The molecule has 80 valence electrons. The fourth-order valence-corrected chi connectivity index (χ4v) is 5.60. The van der Waals surface area contributed by atoms with E-state index < -0.39 is 0 Å². The molecule has 13 heavy (non-hydrogen) atoms. The highest BCUT2D eigenvalue weighted by Crippen LogP contribution is 2.16. The molecule has 0 atom stereocenters. The molecule has 0 radical (unpaired) electrons. The summed E-state index contributed by atoms with van der Waals surface area (Å²) < 4.78 is 6.00. The molecule has 0 N–H and O–H groups in total. The van der Waals surface area contributed by atoms with E-state index in [0.29, 0.717) is 0 Å². The van der Waals surface area contributed by atoms with E-state index in [2.05, 4.69) is 27.7 Å². The van der Waals surface area contributed by atoms with Crippen molar-refractivity contribution in [2.45, 2.75) is 64.5 Å². The Bertz CT molecular complexity index is 89.1. The Hall–Kier alpha value is 0.394. The highest BCUT2D eigenvalue weighted by molar-refractivity contribution is 6.44. The van der Waals surface area contributed by atoms with Crippen LogP contribution in [0.25, 0.3) is 0 Å². The van der Waals surface area contributed by atoms with E-state index in [-0.39, 0.29) is 19.5 Å². The molecule has 0 saturated heterocycles. The van der Waals surface area contributed by atoms with E-state index in [0.717, 1.165) is 11.1 Å². The predicted molar refractivity (Wildman–Crippen MR) is 66.8 cm³/mol. The first-order valence-electron chi connectivity index (χ1n) is 5.86. The lowest BCUT2D eigenvalue weighted by molar-refractivity contribution is 0.562. The van der Waals surface area contributed by atoms with Crippen molar-refractivity contribution < 1.29 is 4.12 Å². The molecular weight excluding hydrogens is 192 g/mol. The average Bonchev–Trinajstić information content (AvgIpc) is 2.19. The van der Waals surface area contributed by atoms with Gasteiger partial charge in [0.15, 0.2) is 0 Å². The van der Waals surface area contributed by atoms with Gasteiger partial charge in [0.05, 0.1) is 0 Å². The molecule has 0 heterocycles. The fraction of sp³-hybridized carbons (Fsp3) is 1.00. The molecule has 0 aliphatic carbocycles. The monoisotopic (exact) mass is 218 g/mol. The van der Waals surface area contributed by atoms with Crippen molar-refractivity contribution in [1.29, 1.82) is 0 Å². The fourth-order valence-electron chi connectivity index (χ4n) is 1.45. The summed E-state index contributed by atoms with van der Waals surface area (Å²) in [7, 11) is -0.349. The lowest BCUT2D eigenvalue weighted by Crippen LogP contribution is -2.14. The molecule has 0 bridgehead atoms. The molecule has 0 aromatic carbocycles. The standard InChI is InChI=1S/C10H26OSi2/c1-5-9(6-2)12-11-13-10(7-3)8-4/h9-10H,5-8,12-13H2,1-4H3. The zero-order valence-electron chi connectivity index (χ0n) is 9.81. The van der Waals surface area contributed by atoms with Gasteiger partial charge in [0.1, 0.15) is 19.5 Å². The Labute approximate surface area is 88.5 Å². The molecule has 0 aromatic rings. The topological polar surface area (TPSA) is 9.23 Å². The van der Waals surface area contributed by atoms with E-state index >= 15 is 0 Å². The SMILES string of the molecule is CCC(CC)[SiH2]O[SiH2]C(CC)CC. The summed E-state index contributed by atoms with van der Waals surface area (Å²) in [5, 5.41) is 0. The summed E-state index contributed by atoms with van der Waals surface area (Å²) in [5.41, 5.74) is 1.89. The first-order chi connectivity index (χ1) is 6.28. The Morgan fingerprint density at radius 3 is 1.31 bits per heavy atom. The van der Waals surface area contributed by atoms with Crippen LogP contribution >= 0.6 is 0 Å². The van der Waals surface area contributed by atoms with Gasteiger partial charge in [-0.05, 0) is 11.1 Å². The maximum absolute atomic E-state index is 6.00. The van der Waals surface area contributed by atoms with Crippen LogP contribution in [-0.4, -0.2) is 19.5 Å². The molecule has 0 fully saturated rings. The Morgan fingerprint density at radius 2 is 1.08 bits per heavy atom. The molecule has 0 amide bonds. The van der Waals surface area contributed by atoms with Crippen LogP contribution in [0, 0.1) is 0 Å². The molecule has 0 unspecified atom stereocenters. The number of hydrogen-bond acceptors (Lipinski definition) is 1. The highest BCUT2D eigenvalue weighted by atomic mass is 28.3. The van der Waals surface area contributed by atoms with Gasteiger partial charge in [-0.15, -0.1) is 0 Å². The average molecular weight is 218 g/mol. The van der Waals surface area contributed by atoms with Gasteiger partial charge in [0, 0.05) is 0 Å². The third-order valence-electron chi connectivity index (χ3n) is 3.02. The van der Waals surface area contributed by atoms with Crippen LogP contribution in [0.15, 0.2) is 0 Å². The second-order valence-electron chi connectivity index (χ2n) is 3.90. The molecular formula is C10H26OSi2. The summed E-state index contributed by atoms with van der Waals surface area (Å²) in [4.78, 5) is 0. The predicted octanol–water partition coefficient (Wildman–Crippen LogP) is 2.39. The van der Waals surface area contributed by atoms with E-state index in [4.69, 9.17) is 4.12 Å². The van der Waals surface area contributed by atoms with Crippen LogP contribution in [0.1, 0.15) is 53.4 Å². The minimum atomic E-state index is -0.174. The van der Waals surface area contributed by atoms with Crippen molar-refractivity contribution in [2.24, 2.45) is 0 Å². The molecule has 0 spiro atoms. The van der Waals surface area contributed by atoms with Crippen molar-refractivity contribution in [3.05, 3.63) is 0 Å². The lowest BCUT2D eigenvalue weighted by atomic mass is 10.3. The van der Waals surface area contributed by atoms with Crippen molar-refractivity contribution in [3.63, 3.8) is 0 Å². The largest absolute Gasteiger partial charge is 0.465 e. The first-order valence-corrected chi connectivity index (χ1v) is 8.64. The Morgan fingerprint density at radius 1 is 0.769 bits per heavy atom. The van der Waals surface area contributed by atoms with Crippen molar-refractivity contribution >= 4 is 19.5 Å². The Kier molecular flexibility index (Phi) is 9.24. The van der Waals surface area contributed by atoms with Crippen molar-refractivity contribution in [3.8, 4) is 0 Å². The van der Waals surface area contributed by atoms with Gasteiger partial charge >= 0.3 is 0 Å². The van der Waals surface area contributed by atoms with Crippen LogP contribution < -0.4 is 0 Å². The normalized spacial score (nSPS) is 13.4. The van der Waals surface area contributed by atoms with Crippen molar-refractivity contribution in [2.75, 3.05) is 0 Å². The maximum Gasteiger partial charge on any atom is 0.149 e. The number of hydrogen-bond donors (Lipinski definition) is 0. The summed E-state index contributed by atoms with van der Waals surface area (Å²) >= 11 is 0. The second kappa shape index (κ2) is 8.97. The van der Waals surface area contributed by atoms with Gasteiger partial charge in [0.25, 0.3) is 0 Å². The van der Waals surface area contributed by atoms with Crippen LogP contribution in [0.3, 0.4) is 0 Å². The third-order valence-corrected chi connectivity index (χ3v) is 8.15. The van der Waals surface area contributed by atoms with Gasteiger partial charge in [-0.3, -0.25) is 0 Å². The van der Waals surface area contributed by atoms with Gasteiger partial charge in [-0.1, -0.05) is 53.4 Å².